The minimum Gasteiger partial charge on any atom is -0.345 e. The molecule has 1 aromatic rings. The predicted molar refractivity (Wildman–Crippen MR) is 72.0 cm³/mol. The summed E-state index contributed by atoms with van der Waals surface area (Å²) in [6.45, 7) is 0.208. The van der Waals surface area contributed by atoms with Gasteiger partial charge in [-0.2, -0.15) is 0 Å². The van der Waals surface area contributed by atoms with Gasteiger partial charge in [-0.25, -0.2) is 0 Å². The Hall–Kier alpha value is -1.59. The first kappa shape index (κ1) is 14.5. The van der Waals surface area contributed by atoms with Crippen LogP contribution >= 0.6 is 11.6 Å². The molecule has 0 fully saturated rings. The predicted octanol–water partition coefficient (Wildman–Crippen LogP) is 1.20. The molecule has 18 heavy (non-hydrogen) atoms. The van der Waals surface area contributed by atoms with E-state index in [1.165, 1.54) is 4.90 Å². The Bertz CT molecular complexity index is 461. The molecule has 0 saturated heterocycles. The van der Waals surface area contributed by atoms with E-state index in [2.05, 4.69) is 10.6 Å². The lowest BCUT2D eigenvalue weighted by Gasteiger charge is -2.13. The van der Waals surface area contributed by atoms with Gasteiger partial charge in [0.25, 0.3) is 5.91 Å². The van der Waals surface area contributed by atoms with Gasteiger partial charge in [0.2, 0.25) is 5.91 Å². The zero-order valence-corrected chi connectivity index (χ0v) is 11.3. The summed E-state index contributed by atoms with van der Waals surface area (Å²) in [4.78, 5) is 24.7. The van der Waals surface area contributed by atoms with E-state index in [4.69, 9.17) is 11.6 Å². The second-order valence-corrected chi connectivity index (χ2v) is 4.38. The van der Waals surface area contributed by atoms with Crippen LogP contribution in [0.1, 0.15) is 10.4 Å². The molecule has 0 heterocycles. The van der Waals surface area contributed by atoms with E-state index in [1.54, 1.807) is 39.3 Å². The lowest BCUT2D eigenvalue weighted by Crippen LogP contribution is -2.25. The highest BCUT2D eigenvalue weighted by atomic mass is 35.5. The van der Waals surface area contributed by atoms with Crippen LogP contribution in [0.3, 0.4) is 0 Å². The summed E-state index contributed by atoms with van der Waals surface area (Å²) >= 11 is 5.96. The molecule has 0 saturated carbocycles. The fourth-order valence-corrected chi connectivity index (χ4v) is 1.57. The minimum atomic E-state index is -0.204. The molecule has 0 aliphatic carbocycles. The number of hydrogen-bond donors (Lipinski definition) is 2. The number of nitrogens with one attached hydrogen (secondary N) is 2. The highest BCUT2D eigenvalue weighted by molar-refractivity contribution is 6.34. The number of likely N-dealkylation sites (N-methyl/N-ethyl adjacent to an activating group) is 1. The van der Waals surface area contributed by atoms with Crippen molar-refractivity contribution in [3.05, 3.63) is 28.8 Å². The first-order valence-corrected chi connectivity index (χ1v) is 5.79. The second-order valence-electron chi connectivity index (χ2n) is 3.97. The van der Waals surface area contributed by atoms with Gasteiger partial charge < -0.3 is 15.5 Å². The Kier molecular flexibility index (Phi) is 5.12. The molecular formula is C12H16ClN3O2. The third kappa shape index (κ3) is 3.72. The third-order valence-corrected chi connectivity index (χ3v) is 2.55. The fourth-order valence-electron chi connectivity index (χ4n) is 1.37. The molecule has 1 aromatic carbocycles. The molecule has 0 spiro atoms. The van der Waals surface area contributed by atoms with Crippen molar-refractivity contribution in [1.82, 2.24) is 10.2 Å². The zero-order chi connectivity index (χ0) is 13.7. The highest BCUT2D eigenvalue weighted by Crippen LogP contribution is 2.21. The van der Waals surface area contributed by atoms with Crippen LogP contribution in [-0.4, -0.2) is 44.4 Å². The topological polar surface area (TPSA) is 61.4 Å². The number of halogens is 1. The van der Waals surface area contributed by atoms with E-state index in [0.717, 1.165) is 0 Å². The van der Waals surface area contributed by atoms with Crippen LogP contribution in [0.25, 0.3) is 0 Å². The molecule has 98 valence electrons. The standard InChI is InChI=1S/C12H16ClN3O2/c1-14-7-11(17)15-8-4-5-10(13)9(6-8)12(18)16(2)3/h4-6,14H,7H2,1-3H3,(H,15,17). The van der Waals surface area contributed by atoms with Crippen molar-refractivity contribution >= 4 is 29.1 Å². The molecule has 2 N–H and O–H groups in total. The molecule has 0 aliphatic heterocycles. The van der Waals surface area contributed by atoms with E-state index in [1.807, 2.05) is 0 Å². The van der Waals surface area contributed by atoms with E-state index in [0.29, 0.717) is 16.3 Å². The molecule has 2 amide bonds. The molecule has 0 radical (unpaired) electrons. The molecule has 0 atom stereocenters. The maximum Gasteiger partial charge on any atom is 0.254 e. The molecule has 0 unspecified atom stereocenters. The summed E-state index contributed by atoms with van der Waals surface area (Å²) in [5, 5.41) is 5.78. The van der Waals surface area contributed by atoms with Crippen molar-refractivity contribution < 1.29 is 9.59 Å². The number of anilines is 1. The van der Waals surface area contributed by atoms with Crippen molar-refractivity contribution in [2.75, 3.05) is 33.0 Å². The maximum absolute atomic E-state index is 11.8. The number of benzene rings is 1. The second kappa shape index (κ2) is 6.37. The van der Waals surface area contributed by atoms with Crippen LogP contribution in [-0.2, 0) is 4.79 Å². The molecular weight excluding hydrogens is 254 g/mol. The smallest absolute Gasteiger partial charge is 0.254 e. The van der Waals surface area contributed by atoms with E-state index >= 15 is 0 Å². The highest BCUT2D eigenvalue weighted by Gasteiger charge is 2.13. The van der Waals surface area contributed by atoms with E-state index < -0.39 is 0 Å². The Morgan fingerprint density at radius 3 is 2.56 bits per heavy atom. The zero-order valence-electron chi connectivity index (χ0n) is 10.6. The first-order chi connectivity index (χ1) is 8.45. The molecule has 0 aromatic heterocycles. The van der Waals surface area contributed by atoms with Gasteiger partial charge >= 0.3 is 0 Å². The summed E-state index contributed by atoms with van der Waals surface area (Å²) in [6, 6.07) is 4.81. The summed E-state index contributed by atoms with van der Waals surface area (Å²) in [6.07, 6.45) is 0. The van der Waals surface area contributed by atoms with Crippen LogP contribution in [0.2, 0.25) is 5.02 Å². The van der Waals surface area contributed by atoms with Gasteiger partial charge in [-0.3, -0.25) is 9.59 Å². The van der Waals surface area contributed by atoms with Crippen molar-refractivity contribution in [1.29, 1.82) is 0 Å². The van der Waals surface area contributed by atoms with E-state index in [-0.39, 0.29) is 18.4 Å². The fraction of sp³-hybridized carbons (Fsp3) is 0.333. The first-order valence-electron chi connectivity index (χ1n) is 5.41. The van der Waals surface area contributed by atoms with Crippen molar-refractivity contribution in [2.45, 2.75) is 0 Å². The third-order valence-electron chi connectivity index (χ3n) is 2.22. The Morgan fingerprint density at radius 2 is 2.00 bits per heavy atom. The van der Waals surface area contributed by atoms with Gasteiger partial charge in [0.15, 0.2) is 0 Å². The summed E-state index contributed by atoms with van der Waals surface area (Å²) in [7, 11) is 4.97. The molecule has 5 nitrogen and oxygen atoms in total. The number of amides is 2. The SMILES string of the molecule is CNCC(=O)Nc1ccc(Cl)c(C(=O)N(C)C)c1. The summed E-state index contributed by atoms with van der Waals surface area (Å²) in [5.74, 6) is -0.382. The van der Waals surface area contributed by atoms with Crippen molar-refractivity contribution in [3.63, 3.8) is 0 Å². The quantitative estimate of drug-likeness (QED) is 0.863. The lowest BCUT2D eigenvalue weighted by atomic mass is 10.1. The summed E-state index contributed by atoms with van der Waals surface area (Å²) < 4.78 is 0. The van der Waals surface area contributed by atoms with Crippen LogP contribution in [0.15, 0.2) is 18.2 Å². The molecule has 1 rings (SSSR count). The van der Waals surface area contributed by atoms with Gasteiger partial charge in [0.1, 0.15) is 0 Å². The Balaban J connectivity index is 2.94. The number of rotatable bonds is 4. The lowest BCUT2D eigenvalue weighted by molar-refractivity contribution is -0.115. The molecule has 0 bridgehead atoms. The number of hydrogen-bond acceptors (Lipinski definition) is 3. The van der Waals surface area contributed by atoms with Crippen LogP contribution < -0.4 is 10.6 Å². The van der Waals surface area contributed by atoms with Gasteiger partial charge in [-0.1, -0.05) is 11.6 Å². The van der Waals surface area contributed by atoms with Crippen molar-refractivity contribution in [3.8, 4) is 0 Å². The Labute approximate surface area is 111 Å². The average molecular weight is 270 g/mol. The number of nitrogens with zero attached hydrogens (tertiary/aromatic N) is 1. The van der Waals surface area contributed by atoms with Gasteiger partial charge in [0, 0.05) is 19.8 Å². The minimum absolute atomic E-state index is 0.178. The van der Waals surface area contributed by atoms with Gasteiger partial charge in [0.05, 0.1) is 17.1 Å². The summed E-state index contributed by atoms with van der Waals surface area (Å²) in [5.41, 5.74) is 0.911. The normalized spacial score (nSPS) is 10.0. The molecule has 0 aliphatic rings. The molecule has 6 heteroatoms. The number of carbonyl (C=O) groups is 2. The van der Waals surface area contributed by atoms with Crippen LogP contribution in [0, 0.1) is 0 Å². The maximum atomic E-state index is 11.8. The van der Waals surface area contributed by atoms with Gasteiger partial charge in [-0.15, -0.1) is 0 Å². The largest absolute Gasteiger partial charge is 0.345 e. The van der Waals surface area contributed by atoms with Crippen LogP contribution in [0.5, 0.6) is 0 Å². The Morgan fingerprint density at radius 1 is 1.33 bits per heavy atom. The van der Waals surface area contributed by atoms with Crippen molar-refractivity contribution in [2.24, 2.45) is 0 Å². The van der Waals surface area contributed by atoms with Gasteiger partial charge in [-0.05, 0) is 25.2 Å². The van der Waals surface area contributed by atoms with Crippen LogP contribution in [0.4, 0.5) is 5.69 Å². The number of carbonyl (C=O) groups excluding carboxylic acids is 2. The monoisotopic (exact) mass is 269 g/mol. The van der Waals surface area contributed by atoms with E-state index in [9.17, 15) is 9.59 Å². The average Bonchev–Trinajstić information content (AvgIpc) is 2.31.